The van der Waals surface area contributed by atoms with Crippen LogP contribution in [-0.2, 0) is 22.5 Å². The van der Waals surface area contributed by atoms with Gasteiger partial charge in [0.1, 0.15) is 12.4 Å². The number of hydrogen-bond acceptors (Lipinski definition) is 4. The monoisotopic (exact) mass is 547 g/mol. The number of piperidine rings is 1. The van der Waals surface area contributed by atoms with Crippen LogP contribution < -0.4 is 9.64 Å². The first-order valence-electron chi connectivity index (χ1n) is 15.0. The second kappa shape index (κ2) is 12.9. The van der Waals surface area contributed by atoms with Crippen molar-refractivity contribution in [3.63, 3.8) is 0 Å². The van der Waals surface area contributed by atoms with E-state index in [-0.39, 0.29) is 12.2 Å². The van der Waals surface area contributed by atoms with Gasteiger partial charge >= 0.3 is 0 Å². The summed E-state index contributed by atoms with van der Waals surface area (Å²) in [5, 5.41) is 0. The summed E-state index contributed by atoms with van der Waals surface area (Å²) in [5.74, 6) is 1.59. The van der Waals surface area contributed by atoms with E-state index in [2.05, 4.69) is 95.9 Å². The summed E-state index contributed by atoms with van der Waals surface area (Å²) in [6.45, 7) is 2.63. The maximum atomic E-state index is 6.20. The summed E-state index contributed by atoms with van der Waals surface area (Å²) >= 11 is 0. The Labute approximate surface area is 244 Å². The second-order valence-electron chi connectivity index (χ2n) is 11.3. The SMILES string of the molecule is COC(OC)C1CCN(c2ccc(C3C(C4=CCCC=C4)=CCc4cc(OCc5ccccc5)ccc43)cc2)CC1. The highest BCUT2D eigenvalue weighted by Crippen LogP contribution is 2.43. The Kier molecular flexibility index (Phi) is 8.69. The second-order valence-corrected chi connectivity index (χ2v) is 11.3. The van der Waals surface area contributed by atoms with Crippen LogP contribution in [0.1, 0.15) is 53.9 Å². The van der Waals surface area contributed by atoms with E-state index in [0.717, 1.165) is 50.9 Å². The van der Waals surface area contributed by atoms with E-state index in [4.69, 9.17) is 14.2 Å². The number of rotatable bonds is 9. The van der Waals surface area contributed by atoms with Gasteiger partial charge in [0.05, 0.1) is 0 Å². The molecule has 0 spiro atoms. The number of benzene rings is 3. The van der Waals surface area contributed by atoms with Crippen molar-refractivity contribution in [2.75, 3.05) is 32.2 Å². The van der Waals surface area contributed by atoms with Crippen LogP contribution in [0.25, 0.3) is 0 Å². The van der Waals surface area contributed by atoms with E-state index in [1.165, 1.54) is 39.1 Å². The Morgan fingerprint density at radius 1 is 0.854 bits per heavy atom. The number of ether oxygens (including phenoxy) is 3. The van der Waals surface area contributed by atoms with Gasteiger partial charge in [0.25, 0.3) is 0 Å². The van der Waals surface area contributed by atoms with E-state index in [9.17, 15) is 0 Å². The van der Waals surface area contributed by atoms with Gasteiger partial charge in [-0.1, -0.05) is 72.8 Å². The van der Waals surface area contributed by atoms with Crippen LogP contribution in [0.3, 0.4) is 0 Å². The van der Waals surface area contributed by atoms with Crippen LogP contribution in [0.4, 0.5) is 5.69 Å². The van der Waals surface area contributed by atoms with Crippen LogP contribution in [0.5, 0.6) is 5.75 Å². The van der Waals surface area contributed by atoms with Crippen molar-refractivity contribution in [1.82, 2.24) is 0 Å². The van der Waals surface area contributed by atoms with Crippen molar-refractivity contribution >= 4 is 5.69 Å². The summed E-state index contributed by atoms with van der Waals surface area (Å²) in [6.07, 6.45) is 14.7. The molecule has 0 amide bonds. The van der Waals surface area contributed by atoms with E-state index in [1.54, 1.807) is 14.2 Å². The molecule has 212 valence electrons. The molecule has 41 heavy (non-hydrogen) atoms. The molecule has 0 N–H and O–H groups in total. The lowest BCUT2D eigenvalue weighted by Crippen LogP contribution is -2.39. The van der Waals surface area contributed by atoms with Gasteiger partial charge in [-0.2, -0.15) is 0 Å². The molecule has 3 aliphatic rings. The van der Waals surface area contributed by atoms with Crippen molar-refractivity contribution in [2.24, 2.45) is 5.92 Å². The lowest BCUT2D eigenvalue weighted by molar-refractivity contribution is -0.141. The first-order chi connectivity index (χ1) is 20.2. The number of hydrogen-bond donors (Lipinski definition) is 0. The molecule has 1 aliphatic heterocycles. The maximum absolute atomic E-state index is 6.20. The van der Waals surface area contributed by atoms with Gasteiger partial charge in [-0.3, -0.25) is 0 Å². The van der Waals surface area contributed by atoms with Crippen molar-refractivity contribution in [2.45, 2.75) is 50.9 Å². The minimum Gasteiger partial charge on any atom is -0.489 e. The molecule has 1 atom stereocenters. The van der Waals surface area contributed by atoms with Gasteiger partial charge in [0.2, 0.25) is 0 Å². The molecule has 1 saturated heterocycles. The maximum Gasteiger partial charge on any atom is 0.159 e. The Balaban J connectivity index is 1.23. The molecule has 4 nitrogen and oxygen atoms in total. The van der Waals surface area contributed by atoms with Crippen LogP contribution in [0.15, 0.2) is 108 Å². The molecule has 0 saturated carbocycles. The van der Waals surface area contributed by atoms with Gasteiger partial charge in [-0.25, -0.2) is 0 Å². The van der Waals surface area contributed by atoms with Crippen molar-refractivity contribution in [3.05, 3.63) is 131 Å². The Hall–Kier alpha value is -3.60. The third kappa shape index (κ3) is 6.19. The van der Waals surface area contributed by atoms with Crippen molar-refractivity contribution in [1.29, 1.82) is 0 Å². The predicted molar refractivity (Wildman–Crippen MR) is 166 cm³/mol. The number of methoxy groups -OCH3 is 2. The largest absolute Gasteiger partial charge is 0.489 e. The molecule has 3 aromatic carbocycles. The average Bonchev–Trinajstić information content (AvgIpc) is 3.05. The lowest BCUT2D eigenvalue weighted by Gasteiger charge is -2.36. The van der Waals surface area contributed by atoms with Crippen molar-refractivity contribution < 1.29 is 14.2 Å². The smallest absolute Gasteiger partial charge is 0.159 e. The van der Waals surface area contributed by atoms with E-state index in [1.807, 2.05) is 6.07 Å². The normalized spacial score (nSPS) is 19.1. The fourth-order valence-electron chi connectivity index (χ4n) is 6.64. The van der Waals surface area contributed by atoms with E-state index in [0.29, 0.717) is 12.5 Å². The molecule has 1 unspecified atom stereocenters. The molecular formula is C37H41NO3. The van der Waals surface area contributed by atoms with E-state index < -0.39 is 0 Å². The van der Waals surface area contributed by atoms with Gasteiger partial charge in [-0.15, -0.1) is 0 Å². The first-order valence-corrected chi connectivity index (χ1v) is 15.0. The van der Waals surface area contributed by atoms with Crippen LogP contribution in [0.2, 0.25) is 0 Å². The zero-order chi connectivity index (χ0) is 28.0. The van der Waals surface area contributed by atoms with Crippen LogP contribution in [0, 0.1) is 5.92 Å². The Morgan fingerprint density at radius 3 is 2.34 bits per heavy atom. The van der Waals surface area contributed by atoms with Gasteiger partial charge < -0.3 is 19.1 Å². The standard InChI is InChI=1S/C37H41NO3/c1-39-37(40-2)30-21-23-38(24-22-30)32-16-13-29(14-17-32)36-34(28-11-7-4-8-12-28)19-15-31-25-33(18-20-35(31)36)41-26-27-9-5-3-6-10-27/h3,5-7,9-14,16-20,25,30,36-37H,4,8,15,21-24,26H2,1-2H3. The summed E-state index contributed by atoms with van der Waals surface area (Å²) in [7, 11) is 3.48. The minimum absolute atomic E-state index is 0.108. The molecule has 1 fully saturated rings. The molecule has 0 radical (unpaired) electrons. The number of nitrogens with zero attached hydrogens (tertiary/aromatic N) is 1. The highest BCUT2D eigenvalue weighted by molar-refractivity contribution is 5.60. The summed E-state index contributed by atoms with van der Waals surface area (Å²) in [5.41, 5.74) is 9.34. The summed E-state index contributed by atoms with van der Waals surface area (Å²) in [6, 6.07) is 26.4. The van der Waals surface area contributed by atoms with Crippen LogP contribution in [-0.4, -0.2) is 33.6 Å². The highest BCUT2D eigenvalue weighted by Gasteiger charge is 2.29. The zero-order valence-electron chi connectivity index (χ0n) is 24.3. The molecule has 6 rings (SSSR count). The lowest BCUT2D eigenvalue weighted by atomic mass is 9.74. The fraction of sp³-hybridized carbons (Fsp3) is 0.351. The first kappa shape index (κ1) is 27.6. The third-order valence-electron chi connectivity index (χ3n) is 8.84. The van der Waals surface area contributed by atoms with Crippen molar-refractivity contribution in [3.8, 4) is 5.75 Å². The molecule has 4 heteroatoms. The van der Waals surface area contributed by atoms with E-state index >= 15 is 0 Å². The number of fused-ring (bicyclic) bond motifs is 1. The summed E-state index contributed by atoms with van der Waals surface area (Å²) < 4.78 is 17.3. The van der Waals surface area contributed by atoms with Gasteiger partial charge in [0, 0.05) is 44.8 Å². The molecule has 3 aromatic rings. The van der Waals surface area contributed by atoms with Gasteiger partial charge in [-0.05, 0) is 89.8 Å². The third-order valence-corrected chi connectivity index (χ3v) is 8.84. The topological polar surface area (TPSA) is 30.9 Å². The average molecular weight is 548 g/mol. The zero-order valence-corrected chi connectivity index (χ0v) is 24.3. The van der Waals surface area contributed by atoms with Gasteiger partial charge in [0.15, 0.2) is 6.29 Å². The predicted octanol–water partition coefficient (Wildman–Crippen LogP) is 7.99. The highest BCUT2D eigenvalue weighted by atomic mass is 16.7. The molecular weight excluding hydrogens is 506 g/mol. The summed E-state index contributed by atoms with van der Waals surface area (Å²) in [4.78, 5) is 2.50. The molecule has 0 bridgehead atoms. The fourth-order valence-corrected chi connectivity index (χ4v) is 6.64. The molecule has 1 heterocycles. The molecule has 2 aliphatic carbocycles. The minimum atomic E-state index is -0.108. The Bertz CT molecular complexity index is 1390. The molecule has 0 aromatic heterocycles. The number of allylic oxidation sites excluding steroid dienone is 6. The van der Waals surface area contributed by atoms with Crippen LogP contribution >= 0.6 is 0 Å². The Morgan fingerprint density at radius 2 is 1.63 bits per heavy atom. The number of anilines is 1. The quantitative estimate of drug-likeness (QED) is 0.254.